The van der Waals surface area contributed by atoms with Crippen molar-refractivity contribution >= 4 is 17.3 Å². The van der Waals surface area contributed by atoms with Crippen LogP contribution in [-0.4, -0.2) is 31.1 Å². The maximum Gasteiger partial charge on any atom is 0.274 e. The normalized spacial score (nSPS) is 14.8. The number of ether oxygens (including phenoxy) is 1. The Labute approximate surface area is 142 Å². The minimum Gasteiger partial charge on any atom is -0.497 e. The summed E-state index contributed by atoms with van der Waals surface area (Å²) in [6.07, 6.45) is 6.69. The number of amides is 1. The van der Waals surface area contributed by atoms with E-state index < -0.39 is 0 Å². The van der Waals surface area contributed by atoms with Gasteiger partial charge in [0.2, 0.25) is 0 Å². The van der Waals surface area contributed by atoms with Crippen LogP contribution in [-0.2, 0) is 0 Å². The van der Waals surface area contributed by atoms with E-state index in [1.165, 1.54) is 25.7 Å². The van der Waals surface area contributed by atoms with Gasteiger partial charge in [0.15, 0.2) is 0 Å². The van der Waals surface area contributed by atoms with Crippen LogP contribution in [0.5, 0.6) is 5.75 Å². The van der Waals surface area contributed by atoms with Crippen molar-refractivity contribution in [2.24, 2.45) is 0 Å². The number of rotatable bonds is 4. The van der Waals surface area contributed by atoms with E-state index in [9.17, 15) is 4.79 Å². The third kappa shape index (κ3) is 4.04. The highest BCUT2D eigenvalue weighted by Gasteiger charge is 2.13. The van der Waals surface area contributed by atoms with E-state index >= 15 is 0 Å². The van der Waals surface area contributed by atoms with Crippen molar-refractivity contribution in [3.63, 3.8) is 0 Å². The molecule has 5 nitrogen and oxygen atoms in total. The van der Waals surface area contributed by atoms with Gasteiger partial charge in [-0.3, -0.25) is 9.78 Å². The third-order valence-electron chi connectivity index (χ3n) is 4.30. The largest absolute Gasteiger partial charge is 0.497 e. The Bertz CT molecular complexity index is 677. The van der Waals surface area contributed by atoms with Crippen LogP contribution < -0.4 is 15.0 Å². The van der Waals surface area contributed by atoms with Crippen LogP contribution in [0.3, 0.4) is 0 Å². The van der Waals surface area contributed by atoms with Gasteiger partial charge in [-0.05, 0) is 49.2 Å². The van der Waals surface area contributed by atoms with Gasteiger partial charge < -0.3 is 15.0 Å². The third-order valence-corrected chi connectivity index (χ3v) is 4.30. The number of nitrogens with one attached hydrogen (secondary N) is 1. The number of carbonyl (C=O) groups excluding carboxylic acids is 1. The second kappa shape index (κ2) is 7.81. The second-order valence-corrected chi connectivity index (χ2v) is 5.98. The molecule has 2 aromatic rings. The molecule has 1 aliphatic rings. The first kappa shape index (κ1) is 16.3. The lowest BCUT2D eigenvalue weighted by Gasteiger charge is -2.22. The summed E-state index contributed by atoms with van der Waals surface area (Å²) in [5, 5.41) is 2.88. The quantitative estimate of drug-likeness (QED) is 0.931. The standard InChI is InChI=1S/C19H23N3O2/c1-24-17-8-6-15(7-9-17)21-19(23)18-14-16(10-11-20-18)22-12-4-2-3-5-13-22/h6-11,14H,2-5,12-13H2,1H3,(H,21,23). The van der Waals surface area contributed by atoms with Gasteiger partial charge in [-0.1, -0.05) is 12.8 Å². The zero-order valence-electron chi connectivity index (χ0n) is 14.0. The lowest BCUT2D eigenvalue weighted by molar-refractivity contribution is 0.102. The summed E-state index contributed by atoms with van der Waals surface area (Å²) in [7, 11) is 1.62. The van der Waals surface area contributed by atoms with E-state index in [0.717, 1.165) is 30.2 Å². The molecular weight excluding hydrogens is 302 g/mol. The number of hydrogen-bond acceptors (Lipinski definition) is 4. The summed E-state index contributed by atoms with van der Waals surface area (Å²) in [6, 6.07) is 11.1. The Hall–Kier alpha value is -2.56. The molecule has 0 bridgehead atoms. The lowest BCUT2D eigenvalue weighted by atomic mass is 10.2. The predicted octanol–water partition coefficient (Wildman–Crippen LogP) is 3.72. The van der Waals surface area contributed by atoms with Crippen molar-refractivity contribution < 1.29 is 9.53 Å². The Morgan fingerprint density at radius 1 is 1.08 bits per heavy atom. The summed E-state index contributed by atoms with van der Waals surface area (Å²) in [4.78, 5) is 19.0. The smallest absolute Gasteiger partial charge is 0.274 e. The van der Waals surface area contributed by atoms with Gasteiger partial charge >= 0.3 is 0 Å². The first-order valence-corrected chi connectivity index (χ1v) is 8.43. The number of anilines is 2. The number of nitrogens with zero attached hydrogens (tertiary/aromatic N) is 2. The summed E-state index contributed by atoms with van der Waals surface area (Å²) >= 11 is 0. The molecule has 5 heteroatoms. The van der Waals surface area contributed by atoms with Crippen molar-refractivity contribution in [2.75, 3.05) is 30.4 Å². The number of methoxy groups -OCH3 is 1. The van der Waals surface area contributed by atoms with Gasteiger partial charge in [0.05, 0.1) is 7.11 Å². The van der Waals surface area contributed by atoms with Gasteiger partial charge in [0.25, 0.3) is 5.91 Å². The van der Waals surface area contributed by atoms with Gasteiger partial charge in [-0.15, -0.1) is 0 Å². The minimum absolute atomic E-state index is 0.197. The molecule has 2 heterocycles. The van der Waals surface area contributed by atoms with Crippen LogP contribution in [0.4, 0.5) is 11.4 Å². The van der Waals surface area contributed by atoms with E-state index in [0.29, 0.717) is 5.69 Å². The van der Waals surface area contributed by atoms with E-state index in [-0.39, 0.29) is 5.91 Å². The number of benzene rings is 1. The molecule has 1 aromatic carbocycles. The molecule has 24 heavy (non-hydrogen) atoms. The van der Waals surface area contributed by atoms with Gasteiger partial charge in [-0.2, -0.15) is 0 Å². The summed E-state index contributed by atoms with van der Waals surface area (Å²) in [5.74, 6) is 0.561. The fourth-order valence-electron chi connectivity index (χ4n) is 2.94. The molecule has 0 aliphatic carbocycles. The minimum atomic E-state index is -0.197. The fourth-order valence-corrected chi connectivity index (χ4v) is 2.94. The fraction of sp³-hybridized carbons (Fsp3) is 0.368. The van der Waals surface area contributed by atoms with Gasteiger partial charge in [0.1, 0.15) is 11.4 Å². The van der Waals surface area contributed by atoms with Crippen molar-refractivity contribution in [3.05, 3.63) is 48.3 Å². The van der Waals surface area contributed by atoms with E-state index in [4.69, 9.17) is 4.74 Å². The van der Waals surface area contributed by atoms with Crippen LogP contribution >= 0.6 is 0 Å². The zero-order chi connectivity index (χ0) is 16.8. The average Bonchev–Trinajstić information content (AvgIpc) is 2.92. The molecule has 1 N–H and O–H groups in total. The molecular formula is C19H23N3O2. The molecule has 0 radical (unpaired) electrons. The van der Waals surface area contributed by atoms with Gasteiger partial charge in [-0.25, -0.2) is 0 Å². The molecule has 1 fully saturated rings. The first-order chi connectivity index (χ1) is 11.8. The van der Waals surface area contributed by atoms with Crippen molar-refractivity contribution in [3.8, 4) is 5.75 Å². The highest BCUT2D eigenvalue weighted by molar-refractivity contribution is 6.03. The maximum absolute atomic E-state index is 12.4. The van der Waals surface area contributed by atoms with Crippen LogP contribution in [0.15, 0.2) is 42.6 Å². The van der Waals surface area contributed by atoms with Gasteiger partial charge in [0, 0.05) is 30.7 Å². The lowest BCUT2D eigenvalue weighted by Crippen LogP contribution is -2.24. The number of hydrogen-bond donors (Lipinski definition) is 1. The summed E-state index contributed by atoms with van der Waals surface area (Å²) in [5.41, 5.74) is 2.24. The number of pyridine rings is 1. The van der Waals surface area contributed by atoms with E-state index in [2.05, 4.69) is 15.2 Å². The molecule has 0 unspecified atom stereocenters. The highest BCUT2D eigenvalue weighted by Crippen LogP contribution is 2.21. The van der Waals surface area contributed by atoms with E-state index in [1.807, 2.05) is 36.4 Å². The van der Waals surface area contributed by atoms with E-state index in [1.54, 1.807) is 13.3 Å². The topological polar surface area (TPSA) is 54.5 Å². The Morgan fingerprint density at radius 3 is 2.46 bits per heavy atom. The molecule has 0 atom stereocenters. The molecule has 0 saturated carbocycles. The monoisotopic (exact) mass is 325 g/mol. The first-order valence-electron chi connectivity index (χ1n) is 8.43. The molecule has 3 rings (SSSR count). The van der Waals surface area contributed by atoms with Crippen LogP contribution in [0.1, 0.15) is 36.2 Å². The molecule has 126 valence electrons. The van der Waals surface area contributed by atoms with Crippen molar-refractivity contribution in [1.29, 1.82) is 0 Å². The molecule has 1 amide bonds. The Morgan fingerprint density at radius 2 is 1.79 bits per heavy atom. The van der Waals surface area contributed by atoms with Crippen LogP contribution in [0.25, 0.3) is 0 Å². The number of carbonyl (C=O) groups is 1. The van der Waals surface area contributed by atoms with Crippen LogP contribution in [0, 0.1) is 0 Å². The summed E-state index contributed by atoms with van der Waals surface area (Å²) < 4.78 is 5.12. The zero-order valence-corrected chi connectivity index (χ0v) is 14.0. The molecule has 1 aliphatic heterocycles. The summed E-state index contributed by atoms with van der Waals surface area (Å²) in [6.45, 7) is 2.09. The van der Waals surface area contributed by atoms with Crippen molar-refractivity contribution in [1.82, 2.24) is 4.98 Å². The number of aromatic nitrogens is 1. The predicted molar refractivity (Wildman–Crippen MR) is 95.9 cm³/mol. The average molecular weight is 325 g/mol. The highest BCUT2D eigenvalue weighted by atomic mass is 16.5. The maximum atomic E-state index is 12.4. The molecule has 1 saturated heterocycles. The van der Waals surface area contributed by atoms with Crippen molar-refractivity contribution in [2.45, 2.75) is 25.7 Å². The van der Waals surface area contributed by atoms with Crippen LogP contribution in [0.2, 0.25) is 0 Å². The Balaban J connectivity index is 1.71. The molecule has 1 aromatic heterocycles. The SMILES string of the molecule is COc1ccc(NC(=O)c2cc(N3CCCCCC3)ccn2)cc1. The second-order valence-electron chi connectivity index (χ2n) is 5.98. The molecule has 0 spiro atoms. The Kier molecular flexibility index (Phi) is 5.31.